The SMILES string of the molecule is COc1ccc(/C=C2\SC(=O)NC2=O)cc1C(=O)O. The summed E-state index contributed by atoms with van der Waals surface area (Å²) in [4.78, 5) is 33.7. The molecule has 2 amide bonds. The van der Waals surface area contributed by atoms with Crippen molar-refractivity contribution in [3.8, 4) is 5.75 Å². The number of rotatable bonds is 3. The number of methoxy groups -OCH3 is 1. The summed E-state index contributed by atoms with van der Waals surface area (Å²) in [6, 6.07) is 4.48. The Hall–Kier alpha value is -2.28. The van der Waals surface area contributed by atoms with E-state index in [1.54, 1.807) is 6.07 Å². The summed E-state index contributed by atoms with van der Waals surface area (Å²) in [7, 11) is 1.37. The fourth-order valence-electron chi connectivity index (χ4n) is 1.55. The van der Waals surface area contributed by atoms with Crippen LogP contribution >= 0.6 is 11.8 Å². The Bertz CT molecular complexity index is 608. The summed E-state index contributed by atoms with van der Waals surface area (Å²) in [5.74, 6) is -1.38. The molecule has 98 valence electrons. The van der Waals surface area contributed by atoms with Crippen LogP contribution in [0.3, 0.4) is 0 Å². The zero-order chi connectivity index (χ0) is 14.0. The first-order valence-electron chi connectivity index (χ1n) is 5.17. The first kappa shape index (κ1) is 13.2. The number of hydrogen-bond donors (Lipinski definition) is 2. The highest BCUT2D eigenvalue weighted by molar-refractivity contribution is 8.18. The number of carboxylic acids is 1. The van der Waals surface area contributed by atoms with Crippen molar-refractivity contribution in [2.45, 2.75) is 0 Å². The van der Waals surface area contributed by atoms with Crippen LogP contribution in [0.15, 0.2) is 23.1 Å². The van der Waals surface area contributed by atoms with Crippen LogP contribution < -0.4 is 10.1 Å². The number of carbonyl (C=O) groups excluding carboxylic acids is 2. The maximum Gasteiger partial charge on any atom is 0.339 e. The van der Waals surface area contributed by atoms with Gasteiger partial charge in [-0.3, -0.25) is 14.9 Å². The Morgan fingerprint density at radius 1 is 1.42 bits per heavy atom. The fraction of sp³-hybridized carbons (Fsp3) is 0.0833. The van der Waals surface area contributed by atoms with Crippen LogP contribution in [0.25, 0.3) is 6.08 Å². The summed E-state index contributed by atoms with van der Waals surface area (Å²) in [5, 5.41) is 10.7. The molecule has 0 aliphatic carbocycles. The minimum absolute atomic E-state index is 0.00779. The molecule has 19 heavy (non-hydrogen) atoms. The average molecular weight is 279 g/mol. The van der Waals surface area contributed by atoms with E-state index < -0.39 is 17.1 Å². The molecule has 6 nitrogen and oxygen atoms in total. The quantitative estimate of drug-likeness (QED) is 0.818. The molecule has 2 rings (SSSR count). The van der Waals surface area contributed by atoms with Gasteiger partial charge in [0.25, 0.3) is 11.1 Å². The van der Waals surface area contributed by atoms with Crippen LogP contribution in [0.1, 0.15) is 15.9 Å². The fourth-order valence-corrected chi connectivity index (χ4v) is 2.24. The largest absolute Gasteiger partial charge is 0.496 e. The lowest BCUT2D eigenvalue weighted by molar-refractivity contribution is -0.115. The predicted molar refractivity (Wildman–Crippen MR) is 69.1 cm³/mol. The van der Waals surface area contributed by atoms with E-state index in [0.29, 0.717) is 5.56 Å². The van der Waals surface area contributed by atoms with Crippen molar-refractivity contribution in [3.63, 3.8) is 0 Å². The number of imide groups is 1. The molecule has 0 unspecified atom stereocenters. The van der Waals surface area contributed by atoms with Crippen LogP contribution in [0.2, 0.25) is 0 Å². The summed E-state index contributed by atoms with van der Waals surface area (Å²) in [5.41, 5.74) is 0.497. The second kappa shape index (κ2) is 5.15. The van der Waals surface area contributed by atoms with Crippen LogP contribution in [0.4, 0.5) is 4.79 Å². The molecule has 0 atom stereocenters. The number of hydrogen-bond acceptors (Lipinski definition) is 5. The Morgan fingerprint density at radius 3 is 2.68 bits per heavy atom. The zero-order valence-electron chi connectivity index (χ0n) is 9.80. The van der Waals surface area contributed by atoms with Gasteiger partial charge in [-0.25, -0.2) is 4.79 Å². The topological polar surface area (TPSA) is 92.7 Å². The molecule has 1 aromatic carbocycles. The number of ether oxygens (including phenoxy) is 1. The van der Waals surface area contributed by atoms with Crippen molar-refractivity contribution < 1.29 is 24.2 Å². The number of aromatic carboxylic acids is 1. The molecular formula is C12H9NO5S. The Labute approximate surface area is 112 Å². The van der Waals surface area contributed by atoms with Crippen molar-refractivity contribution in [2.75, 3.05) is 7.11 Å². The van der Waals surface area contributed by atoms with Gasteiger partial charge in [-0.2, -0.15) is 0 Å². The standard InChI is InChI=1S/C12H9NO5S/c1-18-8-3-2-6(4-7(8)11(15)16)5-9-10(14)13-12(17)19-9/h2-5H,1H3,(H,15,16)(H,13,14,17)/b9-5-. The molecule has 0 saturated carbocycles. The Balaban J connectivity index is 2.39. The average Bonchev–Trinajstić information content (AvgIpc) is 2.67. The van der Waals surface area contributed by atoms with Gasteiger partial charge in [0.05, 0.1) is 12.0 Å². The van der Waals surface area contributed by atoms with E-state index >= 15 is 0 Å². The van der Waals surface area contributed by atoms with Crippen LogP contribution in [-0.2, 0) is 4.79 Å². The molecule has 1 aliphatic rings. The molecule has 0 aromatic heterocycles. The minimum Gasteiger partial charge on any atom is -0.496 e. The summed E-state index contributed by atoms with van der Waals surface area (Å²) >= 11 is 0.776. The highest BCUT2D eigenvalue weighted by Crippen LogP contribution is 2.27. The van der Waals surface area contributed by atoms with E-state index in [-0.39, 0.29) is 16.2 Å². The van der Waals surface area contributed by atoms with Crippen molar-refractivity contribution in [1.82, 2.24) is 5.32 Å². The van der Waals surface area contributed by atoms with Crippen molar-refractivity contribution >= 4 is 35.0 Å². The lowest BCUT2D eigenvalue weighted by atomic mass is 10.1. The molecule has 1 aromatic rings. The third-order valence-electron chi connectivity index (χ3n) is 2.39. The molecule has 0 bridgehead atoms. The zero-order valence-corrected chi connectivity index (χ0v) is 10.6. The van der Waals surface area contributed by atoms with E-state index in [4.69, 9.17) is 9.84 Å². The van der Waals surface area contributed by atoms with E-state index in [2.05, 4.69) is 5.32 Å². The number of amides is 2. The molecule has 7 heteroatoms. The molecule has 0 spiro atoms. The highest BCUT2D eigenvalue weighted by Gasteiger charge is 2.25. The normalized spacial score (nSPS) is 16.6. The van der Waals surface area contributed by atoms with Gasteiger partial charge >= 0.3 is 5.97 Å². The number of thioether (sulfide) groups is 1. The van der Waals surface area contributed by atoms with Gasteiger partial charge in [0, 0.05) is 0 Å². The van der Waals surface area contributed by atoms with E-state index in [1.165, 1.54) is 25.3 Å². The summed E-state index contributed by atoms with van der Waals surface area (Å²) in [6.45, 7) is 0. The van der Waals surface area contributed by atoms with E-state index in [1.807, 2.05) is 0 Å². The third kappa shape index (κ3) is 2.76. The van der Waals surface area contributed by atoms with Crippen molar-refractivity contribution in [2.24, 2.45) is 0 Å². The Kier molecular flexibility index (Phi) is 3.57. The van der Waals surface area contributed by atoms with Gasteiger partial charge in [0.1, 0.15) is 11.3 Å². The number of nitrogens with one attached hydrogen (secondary N) is 1. The van der Waals surface area contributed by atoms with Crippen molar-refractivity contribution in [1.29, 1.82) is 0 Å². The van der Waals surface area contributed by atoms with E-state index in [9.17, 15) is 14.4 Å². The highest BCUT2D eigenvalue weighted by atomic mass is 32.2. The molecular weight excluding hydrogens is 270 g/mol. The molecule has 1 saturated heterocycles. The van der Waals surface area contributed by atoms with Crippen molar-refractivity contribution in [3.05, 3.63) is 34.2 Å². The number of benzene rings is 1. The molecule has 1 aliphatic heterocycles. The lowest BCUT2D eigenvalue weighted by Crippen LogP contribution is -2.17. The second-order valence-electron chi connectivity index (χ2n) is 3.62. The van der Waals surface area contributed by atoms with Gasteiger partial charge in [-0.1, -0.05) is 6.07 Å². The minimum atomic E-state index is -1.13. The maximum absolute atomic E-state index is 11.4. The molecule has 1 heterocycles. The predicted octanol–water partition coefficient (Wildman–Crippen LogP) is 1.72. The molecule has 0 radical (unpaired) electrons. The maximum atomic E-state index is 11.4. The first-order valence-corrected chi connectivity index (χ1v) is 5.99. The first-order chi connectivity index (χ1) is 9.01. The van der Waals surface area contributed by atoms with Crippen LogP contribution in [0, 0.1) is 0 Å². The smallest absolute Gasteiger partial charge is 0.339 e. The van der Waals surface area contributed by atoms with Gasteiger partial charge in [-0.15, -0.1) is 0 Å². The third-order valence-corrected chi connectivity index (χ3v) is 3.20. The number of carboxylic acid groups (broad SMARTS) is 1. The van der Waals surface area contributed by atoms with E-state index in [0.717, 1.165) is 11.8 Å². The van der Waals surface area contributed by atoms with Gasteiger partial charge in [0.15, 0.2) is 0 Å². The Morgan fingerprint density at radius 2 is 2.16 bits per heavy atom. The lowest BCUT2D eigenvalue weighted by Gasteiger charge is -2.05. The molecule has 1 fully saturated rings. The van der Waals surface area contributed by atoms with Gasteiger partial charge in [-0.05, 0) is 35.5 Å². The van der Waals surface area contributed by atoms with Crippen LogP contribution in [0.5, 0.6) is 5.75 Å². The van der Waals surface area contributed by atoms with Gasteiger partial charge in [0.2, 0.25) is 0 Å². The summed E-state index contributed by atoms with van der Waals surface area (Å²) < 4.78 is 4.93. The summed E-state index contributed by atoms with van der Waals surface area (Å²) in [6.07, 6.45) is 1.46. The molecule has 2 N–H and O–H groups in total. The van der Waals surface area contributed by atoms with Crippen LogP contribution in [-0.4, -0.2) is 29.3 Å². The monoisotopic (exact) mass is 279 g/mol. The second-order valence-corrected chi connectivity index (χ2v) is 4.63. The number of carbonyl (C=O) groups is 3. The van der Waals surface area contributed by atoms with Gasteiger partial charge < -0.3 is 9.84 Å².